The van der Waals surface area contributed by atoms with Crippen LogP contribution in [-0.2, 0) is 6.54 Å². The van der Waals surface area contributed by atoms with Gasteiger partial charge in [-0.05, 0) is 42.0 Å². The van der Waals surface area contributed by atoms with Crippen LogP contribution in [0, 0.1) is 5.82 Å². The van der Waals surface area contributed by atoms with Crippen molar-refractivity contribution in [3.05, 3.63) is 61.7 Å². The van der Waals surface area contributed by atoms with E-state index in [4.69, 9.17) is 11.6 Å². The lowest BCUT2D eigenvalue weighted by atomic mass is 10.2. The van der Waals surface area contributed by atoms with E-state index in [-0.39, 0.29) is 5.82 Å². The summed E-state index contributed by atoms with van der Waals surface area (Å²) in [6, 6.07) is 10.4. The van der Waals surface area contributed by atoms with Gasteiger partial charge in [0.15, 0.2) is 0 Å². The Bertz CT molecular complexity index is 555. The van der Waals surface area contributed by atoms with E-state index < -0.39 is 0 Å². The van der Waals surface area contributed by atoms with E-state index in [1.165, 1.54) is 12.1 Å². The van der Waals surface area contributed by atoms with Gasteiger partial charge in [-0.2, -0.15) is 0 Å². The minimum Gasteiger partial charge on any atom is -0.380 e. The molecule has 1 nitrogen and oxygen atoms in total. The van der Waals surface area contributed by atoms with E-state index in [2.05, 4.69) is 37.2 Å². The molecule has 5 heteroatoms. The third kappa shape index (κ3) is 3.70. The summed E-state index contributed by atoms with van der Waals surface area (Å²) in [5, 5.41) is 3.80. The number of rotatable bonds is 3. The van der Waals surface area contributed by atoms with Crippen LogP contribution in [0.5, 0.6) is 0 Å². The highest BCUT2D eigenvalue weighted by Gasteiger charge is 2.02. The molecule has 0 saturated carbocycles. The molecule has 0 aromatic heterocycles. The maximum Gasteiger partial charge on any atom is 0.124 e. The van der Waals surface area contributed by atoms with Crippen LogP contribution in [0.15, 0.2) is 45.3 Å². The molecular formula is C13H9Br2ClFN. The molecule has 0 radical (unpaired) electrons. The van der Waals surface area contributed by atoms with E-state index in [1.54, 1.807) is 0 Å². The van der Waals surface area contributed by atoms with Gasteiger partial charge in [0.2, 0.25) is 0 Å². The first kappa shape index (κ1) is 13.8. The zero-order valence-corrected chi connectivity index (χ0v) is 13.1. The van der Waals surface area contributed by atoms with Gasteiger partial charge in [-0.15, -0.1) is 0 Å². The molecule has 0 spiro atoms. The molecule has 0 heterocycles. The van der Waals surface area contributed by atoms with Crippen molar-refractivity contribution in [2.24, 2.45) is 0 Å². The number of benzene rings is 2. The maximum absolute atomic E-state index is 13.2. The Labute approximate surface area is 127 Å². The lowest BCUT2D eigenvalue weighted by molar-refractivity contribution is 0.625. The average Bonchev–Trinajstić information content (AvgIpc) is 2.26. The molecule has 2 aromatic rings. The highest BCUT2D eigenvalue weighted by molar-refractivity contribution is 9.10. The van der Waals surface area contributed by atoms with Crippen LogP contribution in [-0.4, -0.2) is 0 Å². The van der Waals surface area contributed by atoms with Crippen LogP contribution in [0.1, 0.15) is 5.56 Å². The normalized spacial score (nSPS) is 10.4. The third-order valence-electron chi connectivity index (χ3n) is 2.34. The molecule has 94 valence electrons. The highest BCUT2D eigenvalue weighted by Crippen LogP contribution is 2.26. The summed E-state index contributed by atoms with van der Waals surface area (Å²) in [5.74, 6) is -0.261. The van der Waals surface area contributed by atoms with Crippen LogP contribution in [0.2, 0.25) is 5.02 Å². The van der Waals surface area contributed by atoms with Crippen molar-refractivity contribution >= 4 is 49.1 Å². The summed E-state index contributed by atoms with van der Waals surface area (Å²) in [4.78, 5) is 0. The quantitative estimate of drug-likeness (QED) is 0.714. The SMILES string of the molecule is Fc1cc(Br)cc(CNc2ccc(Br)cc2Cl)c1. The lowest BCUT2D eigenvalue weighted by Crippen LogP contribution is -2.00. The van der Waals surface area contributed by atoms with Gasteiger partial charge in [-0.1, -0.05) is 43.5 Å². The Morgan fingerprint density at radius 2 is 1.83 bits per heavy atom. The van der Waals surface area contributed by atoms with Crippen molar-refractivity contribution in [1.29, 1.82) is 0 Å². The number of halogens is 4. The predicted molar refractivity (Wildman–Crippen MR) is 80.6 cm³/mol. The van der Waals surface area contributed by atoms with Gasteiger partial charge in [-0.25, -0.2) is 4.39 Å². The molecule has 0 unspecified atom stereocenters. The Balaban J connectivity index is 2.11. The summed E-state index contributed by atoms with van der Waals surface area (Å²) in [6.07, 6.45) is 0. The minimum atomic E-state index is -0.261. The largest absolute Gasteiger partial charge is 0.380 e. The van der Waals surface area contributed by atoms with E-state index in [9.17, 15) is 4.39 Å². The van der Waals surface area contributed by atoms with E-state index in [0.717, 1.165) is 20.2 Å². The minimum absolute atomic E-state index is 0.261. The molecule has 1 N–H and O–H groups in total. The van der Waals surface area contributed by atoms with Gasteiger partial charge in [0.1, 0.15) is 5.82 Å². The van der Waals surface area contributed by atoms with E-state index in [1.807, 2.05) is 24.3 Å². The molecule has 0 aliphatic heterocycles. The molecule has 2 aromatic carbocycles. The maximum atomic E-state index is 13.2. The van der Waals surface area contributed by atoms with Crippen LogP contribution < -0.4 is 5.32 Å². The van der Waals surface area contributed by atoms with Crippen LogP contribution in [0.3, 0.4) is 0 Å². The van der Waals surface area contributed by atoms with Crippen molar-refractivity contribution in [2.75, 3.05) is 5.32 Å². The third-order valence-corrected chi connectivity index (χ3v) is 3.60. The lowest BCUT2D eigenvalue weighted by Gasteiger charge is -2.09. The molecule has 0 aliphatic carbocycles. The number of hydrogen-bond acceptors (Lipinski definition) is 1. The number of hydrogen-bond donors (Lipinski definition) is 1. The van der Waals surface area contributed by atoms with Gasteiger partial charge >= 0.3 is 0 Å². The Hall–Kier alpha value is -0.580. The van der Waals surface area contributed by atoms with Crippen LogP contribution >= 0.6 is 43.5 Å². The molecule has 0 fully saturated rings. The fraction of sp³-hybridized carbons (Fsp3) is 0.0769. The molecule has 0 atom stereocenters. The van der Waals surface area contributed by atoms with E-state index >= 15 is 0 Å². The van der Waals surface area contributed by atoms with Crippen molar-refractivity contribution in [1.82, 2.24) is 0 Å². The summed E-state index contributed by atoms with van der Waals surface area (Å²) in [6.45, 7) is 0.512. The van der Waals surface area contributed by atoms with Gasteiger partial charge < -0.3 is 5.32 Å². The molecule has 0 bridgehead atoms. The van der Waals surface area contributed by atoms with Crippen molar-refractivity contribution in [2.45, 2.75) is 6.54 Å². The predicted octanol–water partition coefficient (Wildman–Crippen LogP) is 5.62. The molecule has 0 amide bonds. The fourth-order valence-electron chi connectivity index (χ4n) is 1.54. The smallest absolute Gasteiger partial charge is 0.124 e. The second-order valence-electron chi connectivity index (χ2n) is 3.76. The molecule has 2 rings (SSSR count). The summed E-state index contributed by atoms with van der Waals surface area (Å²) >= 11 is 12.7. The monoisotopic (exact) mass is 391 g/mol. The van der Waals surface area contributed by atoms with Crippen LogP contribution in [0.25, 0.3) is 0 Å². The summed E-state index contributed by atoms with van der Waals surface area (Å²) < 4.78 is 14.8. The average molecular weight is 393 g/mol. The van der Waals surface area contributed by atoms with Crippen molar-refractivity contribution < 1.29 is 4.39 Å². The molecule has 0 saturated heterocycles. The zero-order valence-electron chi connectivity index (χ0n) is 9.18. The second kappa shape index (κ2) is 6.04. The Kier molecular flexibility index (Phi) is 4.65. The molecule has 0 aliphatic rings. The second-order valence-corrected chi connectivity index (χ2v) is 5.99. The van der Waals surface area contributed by atoms with E-state index in [0.29, 0.717) is 11.6 Å². The number of anilines is 1. The first-order valence-corrected chi connectivity index (χ1v) is 7.15. The van der Waals surface area contributed by atoms with Crippen LogP contribution in [0.4, 0.5) is 10.1 Å². The summed E-state index contributed by atoms with van der Waals surface area (Å²) in [5.41, 5.74) is 1.67. The Morgan fingerprint density at radius 1 is 1.06 bits per heavy atom. The first-order valence-electron chi connectivity index (χ1n) is 5.18. The first-order chi connectivity index (χ1) is 8.54. The van der Waals surface area contributed by atoms with Crippen molar-refractivity contribution in [3.63, 3.8) is 0 Å². The highest BCUT2D eigenvalue weighted by atomic mass is 79.9. The van der Waals surface area contributed by atoms with Gasteiger partial charge in [-0.3, -0.25) is 0 Å². The fourth-order valence-corrected chi connectivity index (χ4v) is 2.80. The topological polar surface area (TPSA) is 12.0 Å². The Morgan fingerprint density at radius 3 is 2.50 bits per heavy atom. The molecular weight excluding hydrogens is 384 g/mol. The van der Waals surface area contributed by atoms with Crippen molar-refractivity contribution in [3.8, 4) is 0 Å². The number of nitrogens with one attached hydrogen (secondary N) is 1. The molecule has 18 heavy (non-hydrogen) atoms. The zero-order chi connectivity index (χ0) is 13.1. The standard InChI is InChI=1S/C13H9Br2ClFN/c14-9-1-2-13(12(16)6-9)18-7-8-3-10(15)5-11(17)4-8/h1-6,18H,7H2. The van der Waals surface area contributed by atoms with Gasteiger partial charge in [0.25, 0.3) is 0 Å². The van der Waals surface area contributed by atoms with Gasteiger partial charge in [0.05, 0.1) is 10.7 Å². The summed E-state index contributed by atoms with van der Waals surface area (Å²) in [7, 11) is 0. The van der Waals surface area contributed by atoms with Gasteiger partial charge in [0, 0.05) is 15.5 Å².